The number of carbonyl (C=O) groups is 4. The van der Waals surface area contributed by atoms with Crippen molar-refractivity contribution in [2.45, 2.75) is 81.3 Å². The molecule has 0 fully saturated rings. The predicted molar refractivity (Wildman–Crippen MR) is 414 cm³/mol. The Morgan fingerprint density at radius 1 is 0.402 bits per heavy atom. The van der Waals surface area contributed by atoms with Crippen molar-refractivity contribution in [1.29, 1.82) is 0 Å². The van der Waals surface area contributed by atoms with E-state index in [9.17, 15) is 19.2 Å². The van der Waals surface area contributed by atoms with Crippen molar-refractivity contribution in [3.63, 3.8) is 0 Å². The third-order valence-electron chi connectivity index (χ3n) is 17.6. The van der Waals surface area contributed by atoms with Gasteiger partial charge in [-0.1, -0.05) is 85.6 Å². The third kappa shape index (κ3) is 16.1. The van der Waals surface area contributed by atoms with Crippen molar-refractivity contribution in [2.24, 2.45) is 0 Å². The number of aryl methyl sites for hydroxylation is 3. The number of aromatic amines is 8. The van der Waals surface area contributed by atoms with E-state index in [2.05, 4.69) is 86.7 Å². The van der Waals surface area contributed by atoms with E-state index in [1.165, 1.54) is 19.0 Å². The van der Waals surface area contributed by atoms with Gasteiger partial charge in [-0.25, -0.2) is 39.9 Å². The number of likely N-dealkylation sites (N-methyl/N-ethyl adjacent to an activating group) is 1. The summed E-state index contributed by atoms with van der Waals surface area (Å²) < 4.78 is 5.06. The summed E-state index contributed by atoms with van der Waals surface area (Å²) in [5.41, 5.74) is 17.3. The Kier molecular flexibility index (Phi) is 23.4. The lowest BCUT2D eigenvalue weighted by Crippen LogP contribution is -2.33. The molecule has 0 unspecified atom stereocenters. The van der Waals surface area contributed by atoms with Gasteiger partial charge < -0.3 is 64.2 Å². The second-order valence-electron chi connectivity index (χ2n) is 24.3. The maximum Gasteiger partial charge on any atom is 0.270 e. The minimum absolute atomic E-state index is 0. The number of halogens is 1. The number of aromatic nitrogens is 16. The first-order valence-electron chi connectivity index (χ1n) is 34.0. The maximum atomic E-state index is 13.0. The molecule has 14 rings (SSSR count). The SMILES string of the molecule is CCCCN(CC)C(=O)c1cc(-c2ncnc3[nH]cc(C)c23)c[nH]1.CCN(CCOC)C(=O)c1cc(-c2ncnc3[nH]cc(C)c23)c[nH]1.CCN(Cc1ccccc1)C(=O)c1cc(-c2ncnc3[nH]cc(C)c23)c[nH]1.CCN(Cc1ccccc1)C(=O)c1cc(-c2ncnc3[nH]cc(Cl)c23)c[nH]1.[HH].[HH].[HH].[HH].[HH].[HH].[HH].[HH]. The van der Waals surface area contributed by atoms with Crippen molar-refractivity contribution in [2.75, 3.05) is 53.0 Å². The largest absolute Gasteiger partial charge is 0.383 e. The molecule has 14 aromatic rings. The molecule has 0 atom stereocenters. The molecule has 0 saturated heterocycles. The van der Waals surface area contributed by atoms with Crippen LogP contribution in [0.4, 0.5) is 0 Å². The summed E-state index contributed by atoms with van der Waals surface area (Å²) in [4.78, 5) is 118. The molecule has 0 aliphatic carbocycles. The highest BCUT2D eigenvalue weighted by Crippen LogP contribution is 2.34. The standard InChI is InChI=1S/C21H21N5O.C20H18ClN5O.C18H23N5O.C17H21N5O2.8H2/c1-3-26(12-15-7-5-4-6-8-15)21(27)17-9-16(11-22-17)19-18-14(2)10-23-20(18)25-13-24-19;1-2-26(11-13-6-4-3-5-7-13)20(27)16-8-14(9-22-16)18-17-15(21)10-23-19(17)25-12-24-18;1-4-6-7-23(5-2)18(24)14-8-13(10-19-14)16-15-12(3)9-20-17(15)22-11-21-16;1-4-22(5-6-24-3)17(23)13-7-12(9-18-13)15-14-11(2)8-19-16(14)21-10-20-15;;;;;;;;/h4-11,13,22H,3,12H2,1-2H3,(H,23,24,25);3-10,12,22H,2,11H2,1H3,(H,23,24,25);8-11,19H,4-7H2,1-3H3,(H,20,21,22);7-10,18H,4-6H2,1-3H3,(H,19,20,21);8*1H. The lowest BCUT2D eigenvalue weighted by Gasteiger charge is -2.20. The number of rotatable bonds is 22. The lowest BCUT2D eigenvalue weighted by molar-refractivity contribution is 0.0699. The number of methoxy groups -OCH3 is 1. The molecule has 4 amide bonds. The van der Waals surface area contributed by atoms with E-state index in [0.29, 0.717) is 91.6 Å². The van der Waals surface area contributed by atoms with Gasteiger partial charge in [0.05, 0.1) is 39.8 Å². The van der Waals surface area contributed by atoms with Gasteiger partial charge in [0.1, 0.15) is 70.7 Å². The smallest absolute Gasteiger partial charge is 0.270 e. The van der Waals surface area contributed by atoms with Gasteiger partial charge in [-0.3, -0.25) is 19.2 Å². The molecule has 0 saturated carbocycles. The second-order valence-corrected chi connectivity index (χ2v) is 24.7. The van der Waals surface area contributed by atoms with Crippen LogP contribution in [-0.4, -0.2) is 176 Å². The minimum atomic E-state index is -0.0573. The minimum Gasteiger partial charge on any atom is -0.383 e. The van der Waals surface area contributed by atoms with Crippen LogP contribution >= 0.6 is 11.6 Å². The average Bonchev–Trinajstić information content (AvgIpc) is 1.65. The highest BCUT2D eigenvalue weighted by Gasteiger charge is 2.24. The molecular weight excluding hydrogens is 1310 g/mol. The summed E-state index contributed by atoms with van der Waals surface area (Å²) in [5.74, 6) is -0.0908. The number of fused-ring (bicyclic) bond motifs is 4. The van der Waals surface area contributed by atoms with Gasteiger partial charge >= 0.3 is 0 Å². The lowest BCUT2D eigenvalue weighted by atomic mass is 10.1. The topological polar surface area (TPSA) is 320 Å². The Balaban J connectivity index is 0.000000372. The summed E-state index contributed by atoms with van der Waals surface area (Å²) >= 11 is 6.26. The van der Waals surface area contributed by atoms with E-state index in [1.54, 1.807) is 41.7 Å². The number of H-pyrrole nitrogens is 8. The molecule has 102 heavy (non-hydrogen) atoms. The van der Waals surface area contributed by atoms with Crippen molar-refractivity contribution < 1.29 is 35.3 Å². The fourth-order valence-corrected chi connectivity index (χ4v) is 12.3. The number of hydrogen-bond donors (Lipinski definition) is 8. The van der Waals surface area contributed by atoms with Crippen LogP contribution in [0, 0.1) is 20.8 Å². The molecule has 26 heteroatoms. The van der Waals surface area contributed by atoms with E-state index in [-0.39, 0.29) is 35.0 Å². The number of hydrogen-bond acceptors (Lipinski definition) is 13. The number of amides is 4. The molecule has 0 spiro atoms. The highest BCUT2D eigenvalue weighted by molar-refractivity contribution is 6.36. The molecule has 0 bridgehead atoms. The molecule has 540 valence electrons. The monoisotopic (exact) mass is 1410 g/mol. The maximum absolute atomic E-state index is 13.0. The second kappa shape index (κ2) is 33.4. The van der Waals surface area contributed by atoms with Gasteiger partial charge in [-0.05, 0) is 107 Å². The molecule has 8 N–H and O–H groups in total. The molecule has 12 heterocycles. The molecule has 2 aromatic carbocycles. The number of unbranched alkanes of at least 4 members (excludes halogenated alkanes) is 1. The molecule has 25 nitrogen and oxygen atoms in total. The molecular formula is C76H99ClN20O5. The van der Waals surface area contributed by atoms with Gasteiger partial charge in [0.25, 0.3) is 23.6 Å². The Morgan fingerprint density at radius 2 is 0.716 bits per heavy atom. The zero-order valence-corrected chi connectivity index (χ0v) is 59.3. The summed E-state index contributed by atoms with van der Waals surface area (Å²) in [5, 5.41) is 4.24. The quantitative estimate of drug-likeness (QED) is 0.0313. The fourth-order valence-electron chi connectivity index (χ4n) is 12.1. The average molecular weight is 1410 g/mol. The third-order valence-corrected chi connectivity index (χ3v) is 17.9. The number of nitrogens with one attached hydrogen (secondary N) is 8. The Hall–Kier alpha value is -11.8. The van der Waals surface area contributed by atoms with Gasteiger partial charge in [0.15, 0.2) is 0 Å². The molecule has 0 aliphatic heterocycles. The van der Waals surface area contributed by atoms with Crippen molar-refractivity contribution >= 4 is 79.4 Å². The van der Waals surface area contributed by atoms with Gasteiger partial charge in [-0.2, -0.15) is 0 Å². The van der Waals surface area contributed by atoms with Crippen LogP contribution in [0.1, 0.15) is 129 Å². The predicted octanol–water partition coefficient (Wildman–Crippen LogP) is 16.1. The summed E-state index contributed by atoms with van der Waals surface area (Å²) in [6.45, 7) is 21.7. The van der Waals surface area contributed by atoms with Crippen molar-refractivity contribution in [3.8, 4) is 45.0 Å². The van der Waals surface area contributed by atoms with Crippen molar-refractivity contribution in [1.82, 2.24) is 99.3 Å². The first kappa shape index (κ1) is 71.5. The summed E-state index contributed by atoms with van der Waals surface area (Å²) in [7, 11) is 1.63. The van der Waals surface area contributed by atoms with Crippen LogP contribution in [0.2, 0.25) is 5.02 Å². The summed E-state index contributed by atoms with van der Waals surface area (Å²) in [6, 6.07) is 27.3. The fraction of sp³-hybridized carbons (Fsp3) is 0.263. The van der Waals surface area contributed by atoms with Crippen LogP contribution in [0.3, 0.4) is 0 Å². The Morgan fingerprint density at radius 3 is 1.05 bits per heavy atom. The zero-order chi connectivity index (χ0) is 71.8. The highest BCUT2D eigenvalue weighted by atomic mass is 35.5. The summed E-state index contributed by atoms with van der Waals surface area (Å²) in [6.07, 6.45) is 22.9. The van der Waals surface area contributed by atoms with Gasteiger partial charge in [0.2, 0.25) is 0 Å². The van der Waals surface area contributed by atoms with Crippen LogP contribution < -0.4 is 0 Å². The van der Waals surface area contributed by atoms with Gasteiger partial charge in [0, 0.05) is 159 Å². The number of nitrogens with zero attached hydrogens (tertiary/aromatic N) is 12. The van der Waals surface area contributed by atoms with Gasteiger partial charge in [-0.15, -0.1) is 0 Å². The van der Waals surface area contributed by atoms with E-state index in [1.807, 2.05) is 174 Å². The zero-order valence-electron chi connectivity index (χ0n) is 58.6. The van der Waals surface area contributed by atoms with Crippen LogP contribution in [0.5, 0.6) is 0 Å². The number of benzene rings is 2. The van der Waals surface area contributed by atoms with Crippen LogP contribution in [0.15, 0.2) is 160 Å². The van der Waals surface area contributed by atoms with Crippen LogP contribution in [0.25, 0.3) is 89.2 Å². The van der Waals surface area contributed by atoms with Crippen molar-refractivity contribution in [3.05, 3.63) is 215 Å². The Bertz CT molecular complexity index is 4860. The van der Waals surface area contributed by atoms with E-state index in [0.717, 1.165) is 125 Å². The number of carbonyl (C=O) groups excluding carboxylic acids is 4. The van der Waals surface area contributed by atoms with E-state index < -0.39 is 0 Å². The van der Waals surface area contributed by atoms with Crippen LogP contribution in [-0.2, 0) is 17.8 Å². The van der Waals surface area contributed by atoms with E-state index >= 15 is 0 Å². The molecule has 0 radical (unpaired) electrons. The molecule has 12 aromatic heterocycles. The normalized spacial score (nSPS) is 11.1. The first-order chi connectivity index (χ1) is 49.6. The Labute approximate surface area is 606 Å². The number of ether oxygens (including phenoxy) is 1. The van der Waals surface area contributed by atoms with E-state index in [4.69, 9.17) is 16.3 Å². The first-order valence-corrected chi connectivity index (χ1v) is 34.4. The molecule has 0 aliphatic rings.